The minimum absolute atomic E-state index is 0.126. The van der Waals surface area contributed by atoms with Crippen molar-refractivity contribution in [3.63, 3.8) is 0 Å². The average Bonchev–Trinajstić information content (AvgIpc) is 3.08. The molecule has 2 aromatic carbocycles. The Morgan fingerprint density at radius 3 is 2.39 bits per heavy atom. The lowest BCUT2D eigenvalue weighted by atomic mass is 10.1. The van der Waals surface area contributed by atoms with Crippen molar-refractivity contribution in [3.05, 3.63) is 52.1 Å². The van der Waals surface area contributed by atoms with Gasteiger partial charge in [0.25, 0.3) is 0 Å². The van der Waals surface area contributed by atoms with Crippen LogP contribution in [-0.2, 0) is 0 Å². The largest absolute Gasteiger partial charge is 0.499 e. The molecule has 3 aromatic rings. The number of thiazole rings is 1. The van der Waals surface area contributed by atoms with Gasteiger partial charge in [-0.1, -0.05) is 23.5 Å². The third kappa shape index (κ3) is 4.60. The number of nitrogens with zero attached hydrogens (tertiary/aromatic N) is 1. The molecule has 0 unspecified atom stereocenters. The van der Waals surface area contributed by atoms with Gasteiger partial charge in [0.15, 0.2) is 0 Å². The Morgan fingerprint density at radius 2 is 1.68 bits per heavy atom. The molecule has 31 heavy (non-hydrogen) atoms. The SMILES string of the molecule is O=c1[nH]c2c(N3CCC(Oc4cccc(OC(F)(F)C(F)(F)F)c4)CC3)cccc2s1. The van der Waals surface area contributed by atoms with Crippen molar-refractivity contribution in [1.82, 2.24) is 4.98 Å². The molecule has 1 aliphatic heterocycles. The van der Waals surface area contributed by atoms with Crippen LogP contribution in [0.2, 0.25) is 0 Å². The first-order valence-corrected chi connectivity index (χ1v) is 10.2. The highest BCUT2D eigenvalue weighted by Gasteiger charge is 2.61. The van der Waals surface area contributed by atoms with Crippen molar-refractivity contribution in [2.75, 3.05) is 18.0 Å². The van der Waals surface area contributed by atoms with Gasteiger partial charge in [-0.3, -0.25) is 4.79 Å². The first-order chi connectivity index (χ1) is 14.6. The van der Waals surface area contributed by atoms with E-state index in [1.807, 2.05) is 18.2 Å². The highest BCUT2D eigenvalue weighted by molar-refractivity contribution is 7.16. The number of nitrogens with one attached hydrogen (secondary N) is 1. The highest BCUT2D eigenvalue weighted by Crippen LogP contribution is 2.38. The highest BCUT2D eigenvalue weighted by atomic mass is 32.1. The maximum Gasteiger partial charge on any atom is 0.499 e. The number of halogens is 5. The predicted octanol–water partition coefficient (Wildman–Crippen LogP) is 5.17. The maximum absolute atomic E-state index is 13.1. The Kier molecular flexibility index (Phi) is 5.54. The number of rotatable bonds is 5. The first kappa shape index (κ1) is 21.4. The molecule has 4 rings (SSSR count). The van der Waals surface area contributed by atoms with Crippen molar-refractivity contribution >= 4 is 27.2 Å². The van der Waals surface area contributed by atoms with E-state index in [4.69, 9.17) is 4.74 Å². The second kappa shape index (κ2) is 8.03. The Bertz CT molecular complexity index is 1120. The number of aromatic amines is 1. The molecule has 0 aliphatic carbocycles. The van der Waals surface area contributed by atoms with E-state index in [9.17, 15) is 26.7 Å². The van der Waals surface area contributed by atoms with E-state index in [1.165, 1.54) is 12.1 Å². The maximum atomic E-state index is 13.1. The van der Waals surface area contributed by atoms with Gasteiger partial charge in [-0.15, -0.1) is 0 Å². The van der Waals surface area contributed by atoms with Gasteiger partial charge in [-0.05, 0) is 24.3 Å². The van der Waals surface area contributed by atoms with E-state index in [2.05, 4.69) is 14.6 Å². The molecule has 0 atom stereocenters. The molecule has 1 saturated heterocycles. The van der Waals surface area contributed by atoms with Gasteiger partial charge in [0, 0.05) is 32.0 Å². The number of hydrogen-bond acceptors (Lipinski definition) is 5. The van der Waals surface area contributed by atoms with E-state index < -0.39 is 18.0 Å². The number of anilines is 1. The van der Waals surface area contributed by atoms with Crippen molar-refractivity contribution < 1.29 is 31.4 Å². The second-order valence-corrected chi connectivity index (χ2v) is 8.08. The summed E-state index contributed by atoms with van der Waals surface area (Å²) in [6, 6.07) is 10.5. The number of fused-ring (bicyclic) bond motifs is 1. The van der Waals surface area contributed by atoms with E-state index >= 15 is 0 Å². The third-order valence-electron chi connectivity index (χ3n) is 4.90. The number of aromatic nitrogens is 1. The summed E-state index contributed by atoms with van der Waals surface area (Å²) < 4.78 is 73.7. The minimum atomic E-state index is -5.81. The summed E-state index contributed by atoms with van der Waals surface area (Å²) in [5.41, 5.74) is 1.70. The summed E-state index contributed by atoms with van der Waals surface area (Å²) in [6.45, 7) is 1.26. The Balaban J connectivity index is 1.40. The molecule has 0 spiro atoms. The van der Waals surface area contributed by atoms with Crippen LogP contribution in [0, 0.1) is 0 Å². The zero-order chi connectivity index (χ0) is 22.2. The Morgan fingerprint density at radius 1 is 1.00 bits per heavy atom. The number of hydrogen-bond donors (Lipinski definition) is 1. The van der Waals surface area contributed by atoms with Crippen LogP contribution in [0.15, 0.2) is 47.3 Å². The lowest BCUT2D eigenvalue weighted by Crippen LogP contribution is -2.41. The van der Waals surface area contributed by atoms with E-state index in [0.29, 0.717) is 25.9 Å². The van der Waals surface area contributed by atoms with Gasteiger partial charge in [-0.2, -0.15) is 22.0 Å². The van der Waals surface area contributed by atoms with Crippen LogP contribution in [-0.4, -0.2) is 36.5 Å². The number of alkyl halides is 5. The predicted molar refractivity (Wildman–Crippen MR) is 106 cm³/mol. The topological polar surface area (TPSA) is 54.6 Å². The molecule has 0 saturated carbocycles. The standard InChI is InChI=1S/C20H17F5N2O3S/c21-19(22,23)20(24,25)30-14-4-1-3-13(11-14)29-12-7-9-27(10-8-12)15-5-2-6-16-17(15)26-18(28)31-16/h1-6,11-12H,7-10H2,(H,26,28). The fourth-order valence-corrected chi connectivity index (χ4v) is 4.20. The van der Waals surface area contributed by atoms with Crippen molar-refractivity contribution in [2.45, 2.75) is 31.2 Å². The normalized spacial score (nSPS) is 16.0. The monoisotopic (exact) mass is 460 g/mol. The van der Waals surface area contributed by atoms with E-state index in [-0.39, 0.29) is 16.7 Å². The van der Waals surface area contributed by atoms with Gasteiger partial charge in [0.05, 0.1) is 15.9 Å². The summed E-state index contributed by atoms with van der Waals surface area (Å²) in [7, 11) is 0. The van der Waals surface area contributed by atoms with Crippen LogP contribution in [0.5, 0.6) is 11.5 Å². The number of para-hydroxylation sites is 1. The van der Waals surface area contributed by atoms with Crippen LogP contribution in [0.3, 0.4) is 0 Å². The van der Waals surface area contributed by atoms with Crippen LogP contribution in [0.1, 0.15) is 12.8 Å². The van der Waals surface area contributed by atoms with Gasteiger partial charge < -0.3 is 19.4 Å². The summed E-state index contributed by atoms with van der Waals surface area (Å²) in [6.07, 6.45) is -10.1. The molecule has 0 radical (unpaired) electrons. The van der Waals surface area contributed by atoms with Crippen molar-refractivity contribution in [3.8, 4) is 11.5 Å². The molecule has 1 aliphatic rings. The molecule has 1 fully saturated rings. The molecule has 0 amide bonds. The third-order valence-corrected chi connectivity index (χ3v) is 5.75. The van der Waals surface area contributed by atoms with Crippen molar-refractivity contribution in [1.29, 1.82) is 0 Å². The average molecular weight is 460 g/mol. The van der Waals surface area contributed by atoms with E-state index in [1.54, 1.807) is 0 Å². The Labute approximate surface area is 177 Å². The van der Waals surface area contributed by atoms with Crippen LogP contribution < -0.4 is 19.2 Å². The fourth-order valence-electron chi connectivity index (χ4n) is 3.45. The lowest BCUT2D eigenvalue weighted by Gasteiger charge is -2.34. The van der Waals surface area contributed by atoms with Gasteiger partial charge in [-0.25, -0.2) is 0 Å². The van der Waals surface area contributed by atoms with Gasteiger partial charge in [0.2, 0.25) is 0 Å². The summed E-state index contributed by atoms with van der Waals surface area (Å²) >= 11 is 1.14. The molecule has 2 heterocycles. The zero-order valence-corrected chi connectivity index (χ0v) is 16.7. The number of ether oxygens (including phenoxy) is 2. The van der Waals surface area contributed by atoms with Gasteiger partial charge >= 0.3 is 17.2 Å². The fraction of sp³-hybridized carbons (Fsp3) is 0.350. The lowest BCUT2D eigenvalue weighted by molar-refractivity contribution is -0.360. The summed E-state index contributed by atoms with van der Waals surface area (Å²) in [5.74, 6) is -0.483. The van der Waals surface area contributed by atoms with Crippen LogP contribution >= 0.6 is 11.3 Å². The zero-order valence-electron chi connectivity index (χ0n) is 15.9. The van der Waals surface area contributed by atoms with Crippen LogP contribution in [0.25, 0.3) is 10.2 Å². The molecule has 11 heteroatoms. The van der Waals surface area contributed by atoms with Crippen LogP contribution in [0.4, 0.5) is 27.6 Å². The smallest absolute Gasteiger partial charge is 0.490 e. The number of H-pyrrole nitrogens is 1. The Hall–Kier alpha value is -2.82. The second-order valence-electron chi connectivity index (χ2n) is 7.06. The molecule has 5 nitrogen and oxygen atoms in total. The molecule has 166 valence electrons. The first-order valence-electron chi connectivity index (χ1n) is 9.39. The molecular weight excluding hydrogens is 443 g/mol. The van der Waals surface area contributed by atoms with E-state index in [0.717, 1.165) is 39.4 Å². The summed E-state index contributed by atoms with van der Waals surface area (Å²) in [4.78, 5) is 16.5. The molecule has 1 N–H and O–H groups in total. The molecule has 0 bridgehead atoms. The minimum Gasteiger partial charge on any atom is -0.490 e. The van der Waals surface area contributed by atoms with Gasteiger partial charge in [0.1, 0.15) is 17.6 Å². The summed E-state index contributed by atoms with van der Waals surface area (Å²) in [5, 5.41) is 0. The number of benzene rings is 2. The van der Waals surface area contributed by atoms with Crippen molar-refractivity contribution in [2.24, 2.45) is 0 Å². The quantitative estimate of drug-likeness (QED) is 0.534. The molecule has 1 aromatic heterocycles. The number of piperidine rings is 1. The molecular formula is C20H17F5N2O3S.